The lowest BCUT2D eigenvalue weighted by Crippen LogP contribution is -2.34. The van der Waals surface area contributed by atoms with Crippen molar-refractivity contribution in [3.8, 4) is 0 Å². The second-order valence-electron chi connectivity index (χ2n) is 5.73. The molecular weight excluding hydrogens is 330 g/mol. The fourth-order valence-electron chi connectivity index (χ4n) is 2.82. The van der Waals surface area contributed by atoms with E-state index in [2.05, 4.69) is 4.98 Å². The maximum absolute atomic E-state index is 14.0. The SMILES string of the molecule is O=C(Cc1cccnc1)N1CCSC(c2cc(F)ccc2F)CC1. The van der Waals surface area contributed by atoms with E-state index < -0.39 is 5.82 Å². The first-order valence-electron chi connectivity index (χ1n) is 7.87. The normalized spacial score (nSPS) is 18.2. The molecule has 3 nitrogen and oxygen atoms in total. The molecule has 1 aliphatic heterocycles. The van der Waals surface area contributed by atoms with Gasteiger partial charge in [-0.3, -0.25) is 9.78 Å². The number of hydrogen-bond donors (Lipinski definition) is 0. The lowest BCUT2D eigenvalue weighted by atomic mass is 10.1. The Labute approximate surface area is 144 Å². The lowest BCUT2D eigenvalue weighted by molar-refractivity contribution is -0.130. The van der Waals surface area contributed by atoms with Gasteiger partial charge in [-0.1, -0.05) is 6.07 Å². The zero-order valence-electron chi connectivity index (χ0n) is 13.1. The third kappa shape index (κ3) is 4.12. The number of rotatable bonds is 3. The van der Waals surface area contributed by atoms with Gasteiger partial charge in [0.1, 0.15) is 11.6 Å². The Bertz CT molecular complexity index is 711. The van der Waals surface area contributed by atoms with Crippen LogP contribution in [0.3, 0.4) is 0 Å². The summed E-state index contributed by atoms with van der Waals surface area (Å²) in [5.74, 6) is -0.0619. The van der Waals surface area contributed by atoms with E-state index in [1.807, 2.05) is 12.1 Å². The molecule has 1 saturated heterocycles. The Balaban J connectivity index is 1.64. The number of thioether (sulfide) groups is 1. The van der Waals surface area contributed by atoms with Crippen molar-refractivity contribution >= 4 is 17.7 Å². The van der Waals surface area contributed by atoms with E-state index in [1.54, 1.807) is 29.1 Å². The fourth-order valence-corrected chi connectivity index (χ4v) is 4.06. The van der Waals surface area contributed by atoms with E-state index in [1.165, 1.54) is 12.1 Å². The molecule has 0 bridgehead atoms. The maximum atomic E-state index is 14.0. The molecule has 1 aliphatic rings. The zero-order chi connectivity index (χ0) is 16.9. The first kappa shape index (κ1) is 16.9. The first-order chi connectivity index (χ1) is 11.6. The molecule has 0 radical (unpaired) electrons. The van der Waals surface area contributed by atoms with Crippen LogP contribution < -0.4 is 0 Å². The second-order valence-corrected chi connectivity index (χ2v) is 7.04. The molecule has 2 heterocycles. The number of hydrogen-bond acceptors (Lipinski definition) is 3. The smallest absolute Gasteiger partial charge is 0.227 e. The predicted octanol–water partition coefficient (Wildman–Crippen LogP) is 3.61. The summed E-state index contributed by atoms with van der Waals surface area (Å²) in [4.78, 5) is 18.3. The largest absolute Gasteiger partial charge is 0.342 e. The van der Waals surface area contributed by atoms with E-state index in [-0.39, 0.29) is 17.0 Å². The van der Waals surface area contributed by atoms with Crippen LogP contribution in [-0.2, 0) is 11.2 Å². The number of carbonyl (C=O) groups is 1. The fraction of sp³-hybridized carbons (Fsp3) is 0.333. The van der Waals surface area contributed by atoms with E-state index in [9.17, 15) is 13.6 Å². The first-order valence-corrected chi connectivity index (χ1v) is 8.91. The van der Waals surface area contributed by atoms with Crippen LogP contribution in [-0.4, -0.2) is 34.6 Å². The van der Waals surface area contributed by atoms with Crippen molar-refractivity contribution in [1.82, 2.24) is 9.88 Å². The van der Waals surface area contributed by atoms with Gasteiger partial charge >= 0.3 is 0 Å². The second kappa shape index (κ2) is 7.75. The monoisotopic (exact) mass is 348 g/mol. The number of aromatic nitrogens is 1. The number of nitrogens with zero attached hydrogens (tertiary/aromatic N) is 2. The van der Waals surface area contributed by atoms with Gasteiger partial charge in [-0.05, 0) is 36.2 Å². The molecule has 6 heteroatoms. The van der Waals surface area contributed by atoms with Crippen molar-refractivity contribution in [2.75, 3.05) is 18.8 Å². The van der Waals surface area contributed by atoms with E-state index in [4.69, 9.17) is 0 Å². The molecule has 126 valence electrons. The Morgan fingerprint density at radius 1 is 1.29 bits per heavy atom. The highest BCUT2D eigenvalue weighted by atomic mass is 32.2. The van der Waals surface area contributed by atoms with Gasteiger partial charge in [-0.2, -0.15) is 11.8 Å². The summed E-state index contributed by atoms with van der Waals surface area (Å²) in [6, 6.07) is 7.25. The molecule has 1 aromatic carbocycles. The molecule has 1 amide bonds. The minimum absolute atomic E-state index is 0.0453. The summed E-state index contributed by atoms with van der Waals surface area (Å²) >= 11 is 1.57. The molecule has 24 heavy (non-hydrogen) atoms. The van der Waals surface area contributed by atoms with Gasteiger partial charge < -0.3 is 4.90 Å². The van der Waals surface area contributed by atoms with Crippen LogP contribution in [0.15, 0.2) is 42.7 Å². The van der Waals surface area contributed by atoms with Gasteiger partial charge in [0, 0.05) is 42.0 Å². The Kier molecular flexibility index (Phi) is 5.45. The number of halogens is 2. The summed E-state index contributed by atoms with van der Waals surface area (Å²) < 4.78 is 27.4. The molecule has 0 spiro atoms. The van der Waals surface area contributed by atoms with Crippen LogP contribution in [0.25, 0.3) is 0 Å². The van der Waals surface area contributed by atoms with Crippen LogP contribution in [0.2, 0.25) is 0 Å². The van der Waals surface area contributed by atoms with Gasteiger partial charge in [-0.15, -0.1) is 0 Å². The number of carbonyl (C=O) groups excluding carboxylic acids is 1. The molecule has 0 saturated carbocycles. The van der Waals surface area contributed by atoms with Crippen molar-refractivity contribution in [3.05, 3.63) is 65.5 Å². The summed E-state index contributed by atoms with van der Waals surface area (Å²) in [5, 5.41) is -0.128. The van der Waals surface area contributed by atoms with Crippen LogP contribution in [0.4, 0.5) is 8.78 Å². The van der Waals surface area contributed by atoms with Crippen molar-refractivity contribution < 1.29 is 13.6 Å². The van der Waals surface area contributed by atoms with E-state index in [0.717, 1.165) is 11.6 Å². The van der Waals surface area contributed by atoms with Gasteiger partial charge in [0.25, 0.3) is 0 Å². The molecule has 0 N–H and O–H groups in total. The van der Waals surface area contributed by atoms with Gasteiger partial charge in [0.15, 0.2) is 0 Å². The quantitative estimate of drug-likeness (QED) is 0.850. The van der Waals surface area contributed by atoms with Crippen molar-refractivity contribution in [2.24, 2.45) is 0 Å². The standard InChI is InChI=1S/C18H18F2N2OS/c19-14-3-4-16(20)15(11-14)17-5-7-22(8-9-24-17)18(23)10-13-2-1-6-21-12-13/h1-4,6,11-12,17H,5,7-10H2. The van der Waals surface area contributed by atoms with Gasteiger partial charge in [0.05, 0.1) is 6.42 Å². The van der Waals surface area contributed by atoms with Crippen molar-refractivity contribution in [3.63, 3.8) is 0 Å². The lowest BCUT2D eigenvalue weighted by Gasteiger charge is -2.20. The predicted molar refractivity (Wildman–Crippen MR) is 90.7 cm³/mol. The van der Waals surface area contributed by atoms with Crippen LogP contribution in [0, 0.1) is 11.6 Å². The van der Waals surface area contributed by atoms with Crippen LogP contribution >= 0.6 is 11.8 Å². The maximum Gasteiger partial charge on any atom is 0.227 e. The minimum atomic E-state index is -0.430. The molecule has 1 atom stereocenters. The summed E-state index contributed by atoms with van der Waals surface area (Å²) in [6.07, 6.45) is 4.30. The van der Waals surface area contributed by atoms with Crippen LogP contribution in [0.1, 0.15) is 22.8 Å². The Morgan fingerprint density at radius 3 is 2.96 bits per heavy atom. The molecular formula is C18H18F2N2OS. The Hall–Kier alpha value is -1.95. The van der Waals surface area contributed by atoms with E-state index >= 15 is 0 Å². The molecule has 1 aromatic heterocycles. The van der Waals surface area contributed by atoms with Crippen molar-refractivity contribution in [2.45, 2.75) is 18.1 Å². The highest BCUT2D eigenvalue weighted by molar-refractivity contribution is 7.99. The van der Waals surface area contributed by atoms with Crippen molar-refractivity contribution in [1.29, 1.82) is 0 Å². The number of pyridine rings is 1. The summed E-state index contributed by atoms with van der Waals surface area (Å²) in [5.41, 5.74) is 1.27. The molecule has 0 aliphatic carbocycles. The van der Waals surface area contributed by atoms with Gasteiger partial charge in [0.2, 0.25) is 5.91 Å². The number of benzene rings is 1. The van der Waals surface area contributed by atoms with Crippen LogP contribution in [0.5, 0.6) is 0 Å². The highest BCUT2D eigenvalue weighted by Gasteiger charge is 2.24. The molecule has 1 fully saturated rings. The highest BCUT2D eigenvalue weighted by Crippen LogP contribution is 2.36. The number of amides is 1. The Morgan fingerprint density at radius 2 is 2.17 bits per heavy atom. The third-order valence-electron chi connectivity index (χ3n) is 4.08. The molecule has 1 unspecified atom stereocenters. The topological polar surface area (TPSA) is 33.2 Å². The average molecular weight is 348 g/mol. The molecule has 3 rings (SSSR count). The zero-order valence-corrected chi connectivity index (χ0v) is 13.9. The van der Waals surface area contributed by atoms with Gasteiger partial charge in [-0.25, -0.2) is 8.78 Å². The minimum Gasteiger partial charge on any atom is -0.342 e. The molecule has 2 aromatic rings. The van der Waals surface area contributed by atoms with E-state index in [0.29, 0.717) is 37.2 Å². The third-order valence-corrected chi connectivity index (χ3v) is 5.39. The average Bonchev–Trinajstić information content (AvgIpc) is 2.84. The summed E-state index contributed by atoms with van der Waals surface area (Å²) in [6.45, 7) is 1.17. The summed E-state index contributed by atoms with van der Waals surface area (Å²) in [7, 11) is 0.